The summed E-state index contributed by atoms with van der Waals surface area (Å²) >= 11 is 0. The van der Waals surface area contributed by atoms with Gasteiger partial charge in [-0.2, -0.15) is 0 Å². The molecule has 18 heavy (non-hydrogen) atoms. The quantitative estimate of drug-likeness (QED) is 0.349. The summed E-state index contributed by atoms with van der Waals surface area (Å²) in [5.41, 5.74) is 6.27. The number of likely N-dealkylation sites (tertiary alicyclic amines) is 1. The monoisotopic (exact) mass is 252 g/mol. The molecule has 7 heteroatoms. The average Bonchev–Trinajstić information content (AvgIpc) is 2.83. The molecule has 1 aliphatic heterocycles. The zero-order valence-corrected chi connectivity index (χ0v) is 10.2. The smallest absolute Gasteiger partial charge is 0.293 e. The lowest BCUT2D eigenvalue weighted by molar-refractivity contribution is 0.0634. The molecule has 2 heterocycles. The number of nitrogens with zero attached hydrogens (tertiary/aromatic N) is 3. The van der Waals surface area contributed by atoms with E-state index in [1.54, 1.807) is 17.9 Å². The van der Waals surface area contributed by atoms with Crippen LogP contribution >= 0.6 is 0 Å². The number of rotatable bonds is 2. The number of carbonyl (C=O) groups is 1. The van der Waals surface area contributed by atoms with Gasteiger partial charge in [-0.05, 0) is 26.2 Å². The summed E-state index contributed by atoms with van der Waals surface area (Å²) in [6, 6.07) is 1.21. The number of hydrogen-bond acceptors (Lipinski definition) is 5. The number of hydrogen-bond donors (Lipinski definition) is 2. The third-order valence-corrected chi connectivity index (χ3v) is 3.06. The predicted octanol–water partition coefficient (Wildman–Crippen LogP) is 0.724. The summed E-state index contributed by atoms with van der Waals surface area (Å²) in [5, 5.41) is 15.4. The van der Waals surface area contributed by atoms with Crippen LogP contribution in [0.3, 0.4) is 0 Å². The van der Waals surface area contributed by atoms with Crippen LogP contribution in [0.15, 0.2) is 15.7 Å². The summed E-state index contributed by atoms with van der Waals surface area (Å²) in [5.74, 6) is -0.0312. The molecule has 0 bridgehead atoms. The topological polar surface area (TPSA) is 105 Å². The Morgan fingerprint density at radius 2 is 2.44 bits per heavy atom. The maximum atomic E-state index is 12.2. The molecule has 0 saturated carbocycles. The second kappa shape index (κ2) is 5.07. The fourth-order valence-electron chi connectivity index (χ4n) is 2.15. The molecule has 7 nitrogen and oxygen atoms in total. The first-order valence-corrected chi connectivity index (χ1v) is 5.85. The van der Waals surface area contributed by atoms with E-state index in [4.69, 9.17) is 15.5 Å². The molecule has 0 radical (unpaired) electrons. The molecule has 3 N–H and O–H groups in total. The van der Waals surface area contributed by atoms with Crippen molar-refractivity contribution in [2.24, 2.45) is 10.9 Å². The van der Waals surface area contributed by atoms with Crippen LogP contribution in [0.1, 0.15) is 35.5 Å². The van der Waals surface area contributed by atoms with Crippen molar-refractivity contribution in [1.29, 1.82) is 0 Å². The molecule has 1 saturated heterocycles. The Kier molecular flexibility index (Phi) is 3.50. The second-order valence-electron chi connectivity index (χ2n) is 4.37. The van der Waals surface area contributed by atoms with Gasteiger partial charge >= 0.3 is 0 Å². The van der Waals surface area contributed by atoms with Gasteiger partial charge in [0.25, 0.3) is 5.91 Å². The lowest BCUT2D eigenvalue weighted by Crippen LogP contribution is -2.50. The van der Waals surface area contributed by atoms with E-state index in [2.05, 4.69) is 10.3 Å². The minimum atomic E-state index is -0.373. The number of nitrogens with two attached hydrogens (primary N) is 1. The molecule has 1 amide bonds. The van der Waals surface area contributed by atoms with E-state index in [1.165, 1.54) is 0 Å². The predicted molar refractivity (Wildman–Crippen MR) is 63.3 cm³/mol. The van der Waals surface area contributed by atoms with E-state index < -0.39 is 0 Å². The highest BCUT2D eigenvalue weighted by molar-refractivity contribution is 5.96. The van der Waals surface area contributed by atoms with Crippen LogP contribution in [-0.2, 0) is 0 Å². The average molecular weight is 252 g/mol. The van der Waals surface area contributed by atoms with Crippen LogP contribution < -0.4 is 5.73 Å². The van der Waals surface area contributed by atoms with Crippen LogP contribution in [0.5, 0.6) is 0 Å². The molecule has 1 unspecified atom stereocenters. The SMILES string of the molecule is Cc1cc(C(=O)N2CCCCC2C(N)=NO)on1. The van der Waals surface area contributed by atoms with E-state index in [1.807, 2.05) is 0 Å². The summed E-state index contributed by atoms with van der Waals surface area (Å²) in [6.45, 7) is 2.32. The van der Waals surface area contributed by atoms with Crippen molar-refractivity contribution in [2.45, 2.75) is 32.2 Å². The standard InChI is InChI=1S/C11H16N4O3/c1-7-6-9(18-14-7)11(16)15-5-3-2-4-8(15)10(12)13-17/h6,8,17H,2-5H2,1H3,(H2,12,13). The highest BCUT2D eigenvalue weighted by atomic mass is 16.5. The van der Waals surface area contributed by atoms with Crippen molar-refractivity contribution in [3.8, 4) is 0 Å². The molecular formula is C11H16N4O3. The van der Waals surface area contributed by atoms with Crippen molar-refractivity contribution >= 4 is 11.7 Å². The van der Waals surface area contributed by atoms with Crippen molar-refractivity contribution in [3.05, 3.63) is 17.5 Å². The Morgan fingerprint density at radius 1 is 1.67 bits per heavy atom. The van der Waals surface area contributed by atoms with Gasteiger partial charge in [0, 0.05) is 12.6 Å². The second-order valence-corrected chi connectivity index (χ2v) is 4.37. The number of aryl methyl sites for hydroxylation is 1. The molecule has 1 aromatic heterocycles. The van der Waals surface area contributed by atoms with Gasteiger partial charge in [-0.1, -0.05) is 10.3 Å². The lowest BCUT2D eigenvalue weighted by atomic mass is 10.0. The van der Waals surface area contributed by atoms with E-state index in [0.717, 1.165) is 12.8 Å². The Balaban J connectivity index is 2.21. The molecule has 1 atom stereocenters. The summed E-state index contributed by atoms with van der Waals surface area (Å²) in [6.07, 6.45) is 2.53. The van der Waals surface area contributed by atoms with Gasteiger partial charge in [-0.15, -0.1) is 0 Å². The zero-order chi connectivity index (χ0) is 13.1. The van der Waals surface area contributed by atoms with Gasteiger partial charge in [0.2, 0.25) is 5.76 Å². The normalized spacial score (nSPS) is 21.1. The number of aromatic nitrogens is 1. The Bertz CT molecular complexity index is 469. The maximum Gasteiger partial charge on any atom is 0.293 e. The molecule has 98 valence electrons. The Hall–Kier alpha value is -2.05. The van der Waals surface area contributed by atoms with Crippen LogP contribution in [0.25, 0.3) is 0 Å². The van der Waals surface area contributed by atoms with Crippen molar-refractivity contribution < 1.29 is 14.5 Å². The van der Waals surface area contributed by atoms with E-state index in [0.29, 0.717) is 18.7 Å². The molecular weight excluding hydrogens is 236 g/mol. The van der Waals surface area contributed by atoms with Gasteiger partial charge in [-0.25, -0.2) is 0 Å². The van der Waals surface area contributed by atoms with Crippen molar-refractivity contribution in [1.82, 2.24) is 10.1 Å². The number of carbonyl (C=O) groups excluding carboxylic acids is 1. The molecule has 1 aliphatic rings. The third-order valence-electron chi connectivity index (χ3n) is 3.06. The number of piperidine rings is 1. The van der Waals surface area contributed by atoms with Crippen LogP contribution in [0.4, 0.5) is 0 Å². The van der Waals surface area contributed by atoms with Crippen molar-refractivity contribution in [2.75, 3.05) is 6.54 Å². The largest absolute Gasteiger partial charge is 0.409 e. The van der Waals surface area contributed by atoms with Gasteiger partial charge in [0.1, 0.15) is 0 Å². The minimum absolute atomic E-state index is 0.0549. The van der Waals surface area contributed by atoms with Gasteiger partial charge < -0.3 is 20.4 Å². The van der Waals surface area contributed by atoms with Crippen molar-refractivity contribution in [3.63, 3.8) is 0 Å². The van der Waals surface area contributed by atoms with Crippen LogP contribution in [-0.4, -0.2) is 39.6 Å². The summed E-state index contributed by atoms with van der Waals surface area (Å²) in [4.78, 5) is 13.8. The molecule has 1 fully saturated rings. The molecule has 0 spiro atoms. The molecule has 0 aromatic carbocycles. The Morgan fingerprint density at radius 3 is 3.06 bits per heavy atom. The first-order chi connectivity index (χ1) is 8.63. The van der Waals surface area contributed by atoms with E-state index in [-0.39, 0.29) is 23.5 Å². The molecule has 2 rings (SSSR count). The lowest BCUT2D eigenvalue weighted by Gasteiger charge is -2.33. The Labute approximate surface area is 104 Å². The highest BCUT2D eigenvalue weighted by Gasteiger charge is 2.32. The zero-order valence-electron chi connectivity index (χ0n) is 10.2. The van der Waals surface area contributed by atoms with Crippen LogP contribution in [0, 0.1) is 6.92 Å². The molecule has 0 aliphatic carbocycles. The minimum Gasteiger partial charge on any atom is -0.409 e. The van der Waals surface area contributed by atoms with Gasteiger partial charge in [0.05, 0.1) is 11.7 Å². The van der Waals surface area contributed by atoms with Gasteiger partial charge in [-0.3, -0.25) is 4.79 Å². The summed E-state index contributed by atoms with van der Waals surface area (Å²) < 4.78 is 4.96. The highest BCUT2D eigenvalue weighted by Crippen LogP contribution is 2.20. The van der Waals surface area contributed by atoms with Crippen LogP contribution in [0.2, 0.25) is 0 Å². The maximum absolute atomic E-state index is 12.2. The van der Waals surface area contributed by atoms with Gasteiger partial charge in [0.15, 0.2) is 5.84 Å². The fraction of sp³-hybridized carbons (Fsp3) is 0.545. The number of amides is 1. The van der Waals surface area contributed by atoms with E-state index >= 15 is 0 Å². The number of oxime groups is 1. The third kappa shape index (κ3) is 2.29. The first kappa shape index (κ1) is 12.4. The number of amidine groups is 1. The molecule has 1 aromatic rings. The first-order valence-electron chi connectivity index (χ1n) is 5.85. The van der Waals surface area contributed by atoms with E-state index in [9.17, 15) is 4.79 Å². The fourth-order valence-corrected chi connectivity index (χ4v) is 2.15. The summed E-state index contributed by atoms with van der Waals surface area (Å²) in [7, 11) is 0.